The normalized spacial score (nSPS) is 10.9. The average molecular weight is 261 g/mol. The smallest absolute Gasteiger partial charge is 0.478 e. The van der Waals surface area contributed by atoms with Crippen LogP contribution in [-0.2, 0) is 13.0 Å². The zero-order chi connectivity index (χ0) is 13.8. The van der Waals surface area contributed by atoms with Crippen molar-refractivity contribution >= 4 is 0 Å². The molecule has 98 valence electrons. The summed E-state index contributed by atoms with van der Waals surface area (Å²) in [7, 11) is 1.16. The fourth-order valence-electron chi connectivity index (χ4n) is 1.30. The van der Waals surface area contributed by atoms with E-state index >= 15 is 0 Å². The van der Waals surface area contributed by atoms with Crippen molar-refractivity contribution in [3.63, 3.8) is 0 Å². The second-order valence-electron chi connectivity index (χ2n) is 3.19. The van der Waals surface area contributed by atoms with Gasteiger partial charge >= 0.3 is 6.36 Å². The predicted octanol–water partition coefficient (Wildman–Crippen LogP) is 1.51. The maximum atomic E-state index is 12.2. The quantitative estimate of drug-likeness (QED) is 0.888. The Hall–Kier alpha value is -2.01. The van der Waals surface area contributed by atoms with Gasteiger partial charge in [0, 0.05) is 6.54 Å². The zero-order valence-electron chi connectivity index (χ0n) is 9.41. The molecule has 0 aliphatic heterocycles. The zero-order valence-corrected chi connectivity index (χ0v) is 9.41. The average Bonchev–Trinajstić information content (AvgIpc) is 2.28. The molecule has 0 amide bonds. The van der Waals surface area contributed by atoms with Crippen molar-refractivity contribution in [3.05, 3.63) is 17.3 Å². The lowest BCUT2D eigenvalue weighted by Gasteiger charge is -2.14. The van der Waals surface area contributed by atoms with Crippen molar-refractivity contribution < 1.29 is 22.6 Å². The van der Waals surface area contributed by atoms with Crippen molar-refractivity contribution in [1.82, 2.24) is 4.98 Å². The highest BCUT2D eigenvalue weighted by Crippen LogP contribution is 2.32. The summed E-state index contributed by atoms with van der Waals surface area (Å²) in [6.45, 7) is -0.0533. The van der Waals surface area contributed by atoms with Crippen molar-refractivity contribution in [2.24, 2.45) is 5.73 Å². The van der Waals surface area contributed by atoms with E-state index in [1.807, 2.05) is 6.07 Å². The molecule has 5 nitrogen and oxygen atoms in total. The Bertz CT molecular complexity index is 469. The van der Waals surface area contributed by atoms with Gasteiger partial charge in [-0.3, -0.25) is 0 Å². The highest BCUT2D eigenvalue weighted by Gasteiger charge is 2.33. The number of hydrogen-bond acceptors (Lipinski definition) is 5. The Morgan fingerprint density at radius 2 is 2.17 bits per heavy atom. The number of pyridine rings is 1. The molecule has 0 radical (unpaired) electrons. The van der Waals surface area contributed by atoms with E-state index in [0.29, 0.717) is 5.56 Å². The van der Waals surface area contributed by atoms with E-state index in [1.165, 1.54) is 0 Å². The Morgan fingerprint density at radius 3 is 2.61 bits per heavy atom. The molecule has 0 bridgehead atoms. The molecular formula is C10H10F3N3O2. The molecule has 1 aromatic rings. The Balaban J connectivity index is 3.22. The number of hydrogen-bond donors (Lipinski definition) is 1. The Kier molecular flexibility index (Phi) is 4.33. The molecule has 2 N–H and O–H groups in total. The first-order chi connectivity index (χ1) is 8.41. The van der Waals surface area contributed by atoms with Gasteiger partial charge in [-0.25, -0.2) is 4.98 Å². The van der Waals surface area contributed by atoms with E-state index in [4.69, 9.17) is 15.7 Å². The summed E-state index contributed by atoms with van der Waals surface area (Å²) in [6, 6.07) is 2.92. The first-order valence-electron chi connectivity index (χ1n) is 4.80. The second-order valence-corrected chi connectivity index (χ2v) is 3.19. The third-order valence-electron chi connectivity index (χ3n) is 2.01. The van der Waals surface area contributed by atoms with Gasteiger partial charge < -0.3 is 15.2 Å². The van der Waals surface area contributed by atoms with Crippen LogP contribution >= 0.6 is 0 Å². The number of halogens is 3. The molecule has 1 aromatic heterocycles. The molecule has 0 aliphatic carbocycles. The standard InChI is InChI=1S/C10H10F3N3O2/c1-17-9-8(18-10(11,12)13)4-6(5-15)7(16-9)2-3-14/h4H,2,5,15H2,1H3. The third kappa shape index (κ3) is 3.49. The number of alkyl halides is 3. The topological polar surface area (TPSA) is 81.2 Å². The summed E-state index contributed by atoms with van der Waals surface area (Å²) in [4.78, 5) is 3.79. The number of nitriles is 1. The molecule has 1 rings (SSSR count). The summed E-state index contributed by atoms with van der Waals surface area (Å²) in [6.07, 6.45) is -4.92. The minimum absolute atomic E-state index is 0.0533. The molecule has 0 saturated heterocycles. The Morgan fingerprint density at radius 1 is 1.50 bits per heavy atom. The van der Waals surface area contributed by atoms with Gasteiger partial charge in [-0.2, -0.15) is 5.26 Å². The number of rotatable bonds is 4. The lowest BCUT2D eigenvalue weighted by atomic mass is 10.1. The van der Waals surface area contributed by atoms with E-state index < -0.39 is 12.1 Å². The molecular weight excluding hydrogens is 251 g/mol. The predicted molar refractivity (Wildman–Crippen MR) is 54.7 cm³/mol. The molecule has 0 saturated carbocycles. The van der Waals surface area contributed by atoms with Gasteiger partial charge in [0.05, 0.1) is 25.3 Å². The molecule has 0 atom stereocenters. The number of ether oxygens (including phenoxy) is 2. The van der Waals surface area contributed by atoms with Gasteiger partial charge in [0.15, 0.2) is 5.75 Å². The van der Waals surface area contributed by atoms with Gasteiger partial charge in [-0.15, -0.1) is 13.2 Å². The van der Waals surface area contributed by atoms with Crippen LogP contribution in [0.15, 0.2) is 6.07 Å². The van der Waals surface area contributed by atoms with Crippen molar-refractivity contribution in [1.29, 1.82) is 5.26 Å². The number of nitrogens with two attached hydrogens (primary N) is 1. The minimum atomic E-state index is -4.85. The van der Waals surface area contributed by atoms with Crippen LogP contribution in [0.25, 0.3) is 0 Å². The highest BCUT2D eigenvalue weighted by atomic mass is 19.4. The van der Waals surface area contributed by atoms with Gasteiger partial charge in [0.1, 0.15) is 0 Å². The van der Waals surface area contributed by atoms with E-state index in [9.17, 15) is 13.2 Å². The summed E-state index contributed by atoms with van der Waals surface area (Å²) >= 11 is 0. The molecule has 0 aromatic carbocycles. The first-order valence-corrected chi connectivity index (χ1v) is 4.80. The van der Waals surface area contributed by atoms with Crippen LogP contribution in [0.2, 0.25) is 0 Å². The van der Waals surface area contributed by atoms with Gasteiger partial charge in [-0.05, 0) is 11.6 Å². The monoisotopic (exact) mass is 261 g/mol. The lowest BCUT2D eigenvalue weighted by molar-refractivity contribution is -0.275. The number of methoxy groups -OCH3 is 1. The van der Waals surface area contributed by atoms with Crippen molar-refractivity contribution in [2.45, 2.75) is 19.3 Å². The van der Waals surface area contributed by atoms with Crippen LogP contribution in [0.1, 0.15) is 11.3 Å². The fourth-order valence-corrected chi connectivity index (χ4v) is 1.30. The molecule has 1 heterocycles. The van der Waals surface area contributed by atoms with Crippen LogP contribution in [0.3, 0.4) is 0 Å². The van der Waals surface area contributed by atoms with Crippen LogP contribution in [0.4, 0.5) is 13.2 Å². The van der Waals surface area contributed by atoms with E-state index in [0.717, 1.165) is 13.2 Å². The summed E-state index contributed by atoms with van der Waals surface area (Å²) < 4.78 is 44.9. The highest BCUT2D eigenvalue weighted by molar-refractivity contribution is 5.40. The van der Waals surface area contributed by atoms with Crippen LogP contribution in [0, 0.1) is 11.3 Å². The maximum absolute atomic E-state index is 12.2. The maximum Gasteiger partial charge on any atom is 0.573 e. The van der Waals surface area contributed by atoms with Gasteiger partial charge in [-0.1, -0.05) is 0 Å². The van der Waals surface area contributed by atoms with E-state index in [2.05, 4.69) is 9.72 Å². The molecule has 8 heteroatoms. The molecule has 18 heavy (non-hydrogen) atoms. The summed E-state index contributed by atoms with van der Waals surface area (Å²) in [5.74, 6) is -0.915. The lowest BCUT2D eigenvalue weighted by Crippen LogP contribution is -2.19. The minimum Gasteiger partial charge on any atom is -0.478 e. The Labute approximate surface area is 101 Å². The second kappa shape index (κ2) is 5.55. The number of nitrogens with zero attached hydrogens (tertiary/aromatic N) is 2. The summed E-state index contributed by atoms with van der Waals surface area (Å²) in [5, 5.41) is 8.58. The first kappa shape index (κ1) is 14.1. The molecule has 0 fully saturated rings. The van der Waals surface area contributed by atoms with Crippen molar-refractivity contribution in [3.8, 4) is 17.7 Å². The van der Waals surface area contributed by atoms with Gasteiger partial charge in [0.2, 0.25) is 0 Å². The molecule has 0 spiro atoms. The number of aromatic nitrogens is 1. The van der Waals surface area contributed by atoms with Gasteiger partial charge in [0.25, 0.3) is 5.88 Å². The third-order valence-corrected chi connectivity index (χ3v) is 2.01. The largest absolute Gasteiger partial charge is 0.573 e. The fraction of sp³-hybridized carbons (Fsp3) is 0.400. The molecule has 0 aliphatic rings. The van der Waals surface area contributed by atoms with E-state index in [-0.39, 0.29) is 24.5 Å². The van der Waals surface area contributed by atoms with Crippen LogP contribution < -0.4 is 15.2 Å². The van der Waals surface area contributed by atoms with Crippen LogP contribution in [-0.4, -0.2) is 18.5 Å². The van der Waals surface area contributed by atoms with Crippen molar-refractivity contribution in [2.75, 3.05) is 7.11 Å². The summed E-state index contributed by atoms with van der Waals surface area (Å²) in [5.41, 5.74) is 5.95. The van der Waals surface area contributed by atoms with E-state index in [1.54, 1.807) is 0 Å². The SMILES string of the molecule is COc1nc(CC#N)c(CN)cc1OC(F)(F)F. The van der Waals surface area contributed by atoms with Crippen LogP contribution in [0.5, 0.6) is 11.6 Å². The molecule has 0 unspecified atom stereocenters.